The van der Waals surface area contributed by atoms with E-state index in [2.05, 4.69) is 9.71 Å². The van der Waals surface area contributed by atoms with Gasteiger partial charge in [-0.05, 0) is 26.8 Å². The fraction of sp³-hybridized carbons (Fsp3) is 0.308. The van der Waals surface area contributed by atoms with E-state index in [1.54, 1.807) is 37.3 Å². The van der Waals surface area contributed by atoms with Gasteiger partial charge in [0.25, 0.3) is 0 Å². The summed E-state index contributed by atoms with van der Waals surface area (Å²) >= 11 is 1.54. The summed E-state index contributed by atoms with van der Waals surface area (Å²) in [5, 5.41) is 2.41. The van der Waals surface area contributed by atoms with Gasteiger partial charge in [-0.2, -0.15) is 0 Å². The predicted octanol–water partition coefficient (Wildman–Crippen LogP) is 3.27. The first kappa shape index (κ1) is 14.0. The largest absolute Gasteiger partial charge is 0.283 e. The molecule has 0 bridgehead atoms. The van der Waals surface area contributed by atoms with Gasteiger partial charge in [0.15, 0.2) is 0 Å². The Morgan fingerprint density at radius 3 is 2.53 bits per heavy atom. The highest BCUT2D eigenvalue weighted by Gasteiger charge is 2.18. The van der Waals surface area contributed by atoms with Crippen molar-refractivity contribution in [3.8, 4) is 11.3 Å². The number of hydrogen-bond acceptors (Lipinski definition) is 4. The molecule has 2 aromatic rings. The third kappa shape index (κ3) is 3.13. The van der Waals surface area contributed by atoms with Crippen molar-refractivity contribution in [3.63, 3.8) is 0 Å². The molecule has 1 heterocycles. The van der Waals surface area contributed by atoms with Crippen LogP contribution in [-0.4, -0.2) is 18.7 Å². The fourth-order valence-corrected chi connectivity index (χ4v) is 2.89. The second kappa shape index (κ2) is 5.30. The molecule has 2 rings (SSSR count). The van der Waals surface area contributed by atoms with Gasteiger partial charge in [0, 0.05) is 10.9 Å². The molecule has 0 fully saturated rings. The number of aryl methyl sites for hydroxylation is 1. The quantitative estimate of drug-likeness (QED) is 0.942. The zero-order valence-corrected chi connectivity index (χ0v) is 12.7. The van der Waals surface area contributed by atoms with Crippen molar-refractivity contribution in [2.75, 3.05) is 4.72 Å². The molecule has 1 N–H and O–H groups in total. The molecule has 0 aliphatic carbocycles. The molecule has 0 aliphatic heterocycles. The Morgan fingerprint density at radius 1 is 1.26 bits per heavy atom. The van der Waals surface area contributed by atoms with Crippen LogP contribution in [0.1, 0.15) is 18.9 Å². The summed E-state index contributed by atoms with van der Waals surface area (Å²) < 4.78 is 26.6. The van der Waals surface area contributed by atoms with Gasteiger partial charge in [-0.1, -0.05) is 18.2 Å². The average Bonchev–Trinajstić information content (AvgIpc) is 2.76. The maximum absolute atomic E-state index is 12.0. The number of nitrogens with zero attached hydrogens (tertiary/aromatic N) is 1. The van der Waals surface area contributed by atoms with Gasteiger partial charge in [0.2, 0.25) is 10.0 Å². The van der Waals surface area contributed by atoms with Gasteiger partial charge in [0.1, 0.15) is 0 Å². The van der Waals surface area contributed by atoms with E-state index in [1.165, 1.54) is 0 Å². The van der Waals surface area contributed by atoms with E-state index in [1.807, 2.05) is 24.4 Å². The molecular formula is C13H16N2O2S2. The van der Waals surface area contributed by atoms with Crippen molar-refractivity contribution < 1.29 is 8.42 Å². The zero-order valence-electron chi connectivity index (χ0n) is 11.0. The summed E-state index contributed by atoms with van der Waals surface area (Å²) in [6.45, 7) is 5.23. The van der Waals surface area contributed by atoms with Crippen molar-refractivity contribution in [1.29, 1.82) is 0 Å². The fourth-order valence-electron chi connectivity index (χ4n) is 1.55. The molecule has 0 amide bonds. The van der Waals surface area contributed by atoms with Crippen LogP contribution in [0.25, 0.3) is 11.3 Å². The van der Waals surface area contributed by atoms with Crippen LogP contribution >= 0.6 is 11.3 Å². The molecule has 0 radical (unpaired) electrons. The molecule has 0 saturated carbocycles. The lowest BCUT2D eigenvalue weighted by atomic mass is 10.1. The van der Waals surface area contributed by atoms with E-state index in [4.69, 9.17) is 0 Å². The van der Waals surface area contributed by atoms with Gasteiger partial charge in [-0.25, -0.2) is 13.4 Å². The van der Waals surface area contributed by atoms with E-state index >= 15 is 0 Å². The summed E-state index contributed by atoms with van der Waals surface area (Å²) in [5.74, 6) is 0. The molecule has 19 heavy (non-hydrogen) atoms. The number of sulfonamides is 1. The van der Waals surface area contributed by atoms with Crippen LogP contribution in [0.5, 0.6) is 0 Å². The number of nitrogens with one attached hydrogen (secondary N) is 1. The van der Waals surface area contributed by atoms with Crippen LogP contribution in [0, 0.1) is 6.92 Å². The zero-order chi connectivity index (χ0) is 14.0. The average molecular weight is 296 g/mol. The van der Waals surface area contributed by atoms with Gasteiger partial charge >= 0.3 is 0 Å². The first-order chi connectivity index (χ1) is 8.90. The summed E-state index contributed by atoms with van der Waals surface area (Å²) in [6.07, 6.45) is 0. The number of hydrogen-bond donors (Lipinski definition) is 1. The van der Waals surface area contributed by atoms with Crippen LogP contribution < -0.4 is 4.72 Å². The Bertz CT molecular complexity index is 675. The molecule has 6 heteroatoms. The first-order valence-corrected chi connectivity index (χ1v) is 8.36. The van der Waals surface area contributed by atoms with E-state index in [-0.39, 0.29) is 0 Å². The van der Waals surface area contributed by atoms with Crippen molar-refractivity contribution >= 4 is 27.0 Å². The van der Waals surface area contributed by atoms with Crippen molar-refractivity contribution in [2.45, 2.75) is 26.0 Å². The number of thiazole rings is 1. The van der Waals surface area contributed by atoms with E-state index < -0.39 is 15.3 Å². The molecule has 1 aromatic heterocycles. The van der Waals surface area contributed by atoms with Crippen molar-refractivity contribution in [3.05, 3.63) is 34.7 Å². The van der Waals surface area contributed by atoms with Crippen LogP contribution in [0.15, 0.2) is 29.6 Å². The molecule has 1 aromatic carbocycles. The second-order valence-corrected chi connectivity index (χ2v) is 7.79. The van der Waals surface area contributed by atoms with Crippen molar-refractivity contribution in [2.24, 2.45) is 0 Å². The Hall–Kier alpha value is -1.40. The maximum Gasteiger partial charge on any atom is 0.235 e. The van der Waals surface area contributed by atoms with Gasteiger partial charge < -0.3 is 0 Å². The molecule has 0 spiro atoms. The highest BCUT2D eigenvalue weighted by atomic mass is 32.2. The summed E-state index contributed by atoms with van der Waals surface area (Å²) in [4.78, 5) is 4.40. The molecule has 0 unspecified atom stereocenters. The topological polar surface area (TPSA) is 59.1 Å². The number of aromatic nitrogens is 1. The molecule has 0 atom stereocenters. The number of para-hydroxylation sites is 1. The lowest BCUT2D eigenvalue weighted by Crippen LogP contribution is -2.22. The van der Waals surface area contributed by atoms with E-state index in [9.17, 15) is 8.42 Å². The van der Waals surface area contributed by atoms with Crippen LogP contribution in [0.4, 0.5) is 5.69 Å². The van der Waals surface area contributed by atoms with E-state index in [0.29, 0.717) is 5.69 Å². The molecule has 0 aliphatic rings. The normalized spacial score (nSPS) is 11.8. The lowest BCUT2D eigenvalue weighted by molar-refractivity contribution is 0.593. The number of benzene rings is 1. The third-order valence-corrected chi connectivity index (χ3v) is 5.21. The maximum atomic E-state index is 12.0. The lowest BCUT2D eigenvalue weighted by Gasteiger charge is -2.13. The SMILES string of the molecule is Cc1nc(-c2ccccc2NS(=O)(=O)C(C)C)cs1. The monoisotopic (exact) mass is 296 g/mol. The Kier molecular flexibility index (Phi) is 3.91. The minimum absolute atomic E-state index is 0.474. The molecule has 0 saturated heterocycles. The van der Waals surface area contributed by atoms with Gasteiger partial charge in [-0.15, -0.1) is 11.3 Å². The highest BCUT2D eigenvalue weighted by Crippen LogP contribution is 2.29. The summed E-state index contributed by atoms with van der Waals surface area (Å²) in [7, 11) is -3.35. The second-order valence-electron chi connectivity index (χ2n) is 4.49. The number of anilines is 1. The highest BCUT2D eigenvalue weighted by molar-refractivity contribution is 7.93. The van der Waals surface area contributed by atoms with Gasteiger partial charge in [-0.3, -0.25) is 4.72 Å². The van der Waals surface area contributed by atoms with E-state index in [0.717, 1.165) is 16.3 Å². The van der Waals surface area contributed by atoms with Crippen molar-refractivity contribution in [1.82, 2.24) is 4.98 Å². The van der Waals surface area contributed by atoms with Crippen LogP contribution in [-0.2, 0) is 10.0 Å². The van der Waals surface area contributed by atoms with Crippen LogP contribution in [0.2, 0.25) is 0 Å². The smallest absolute Gasteiger partial charge is 0.235 e. The minimum Gasteiger partial charge on any atom is -0.283 e. The minimum atomic E-state index is -3.35. The summed E-state index contributed by atoms with van der Waals surface area (Å²) in [6, 6.07) is 7.30. The number of rotatable bonds is 4. The molecule has 4 nitrogen and oxygen atoms in total. The Balaban J connectivity index is 2.43. The Morgan fingerprint density at radius 2 is 1.95 bits per heavy atom. The third-order valence-electron chi connectivity index (χ3n) is 2.69. The Labute approximate surface area is 117 Å². The van der Waals surface area contributed by atoms with Gasteiger partial charge in [0.05, 0.1) is 21.6 Å². The molecular weight excluding hydrogens is 280 g/mol. The first-order valence-electron chi connectivity index (χ1n) is 5.93. The van der Waals surface area contributed by atoms with Crippen LogP contribution in [0.3, 0.4) is 0 Å². The molecule has 102 valence electrons. The standard InChI is InChI=1S/C13H16N2O2S2/c1-9(2)19(16,17)15-12-7-5-4-6-11(12)13-8-18-10(3)14-13/h4-9,15H,1-3H3. The predicted molar refractivity (Wildman–Crippen MR) is 80.0 cm³/mol. The summed E-state index contributed by atoms with van der Waals surface area (Å²) in [5.41, 5.74) is 2.17.